The number of aromatic nitrogens is 1. The topological polar surface area (TPSA) is 39.2 Å². The molecule has 0 aliphatic rings. The van der Waals surface area contributed by atoms with Crippen LogP contribution in [0.25, 0.3) is 0 Å². The molecule has 0 radical (unpaired) electrons. The van der Waals surface area contributed by atoms with Crippen LogP contribution in [0.4, 0.5) is 0 Å². The lowest BCUT2D eigenvalue weighted by molar-refractivity contribution is -0.136. The smallest absolute Gasteiger partial charge is 0.384 e. The highest BCUT2D eigenvalue weighted by atomic mass is 35.5. The molecule has 0 saturated carbocycles. The molecule has 1 rings (SSSR count). The average molecular weight is 224 g/mol. The van der Waals surface area contributed by atoms with Crippen molar-refractivity contribution in [3.05, 3.63) is 29.0 Å². The van der Waals surface area contributed by atoms with Gasteiger partial charge < -0.3 is 4.74 Å². The summed E-state index contributed by atoms with van der Waals surface area (Å²) in [6.45, 7) is 2.32. The first kappa shape index (κ1) is 11.5. The molecule has 0 aromatic carbocycles. The number of carbonyl (C=O) groups is 1. The molecule has 78 valence electrons. The van der Waals surface area contributed by atoms with E-state index < -0.39 is 5.97 Å². The van der Waals surface area contributed by atoms with Crippen molar-refractivity contribution in [2.45, 2.75) is 13.3 Å². The summed E-state index contributed by atoms with van der Waals surface area (Å²) in [6, 6.07) is 3.30. The number of rotatable bonds is 2. The van der Waals surface area contributed by atoms with Crippen LogP contribution in [0.2, 0.25) is 5.15 Å². The monoisotopic (exact) mass is 223 g/mol. The lowest BCUT2D eigenvalue weighted by atomic mass is 10.3. The van der Waals surface area contributed by atoms with Crippen LogP contribution >= 0.6 is 11.6 Å². The Labute approximate surface area is 93.4 Å². The van der Waals surface area contributed by atoms with Crippen molar-refractivity contribution in [2.24, 2.45) is 0 Å². The van der Waals surface area contributed by atoms with Gasteiger partial charge in [0.1, 0.15) is 5.15 Å². The number of halogens is 1. The number of esters is 1. The molecule has 0 atom stereocenters. The third-order valence-electron chi connectivity index (χ3n) is 1.47. The van der Waals surface area contributed by atoms with E-state index in [1.807, 2.05) is 6.92 Å². The number of hydrogen-bond donors (Lipinski definition) is 0. The quantitative estimate of drug-likeness (QED) is 0.438. The van der Waals surface area contributed by atoms with Gasteiger partial charge in [0.2, 0.25) is 0 Å². The predicted molar refractivity (Wildman–Crippen MR) is 57.4 cm³/mol. The zero-order valence-corrected chi connectivity index (χ0v) is 9.04. The lowest BCUT2D eigenvalue weighted by Crippen LogP contribution is -2.01. The zero-order chi connectivity index (χ0) is 11.1. The highest BCUT2D eigenvalue weighted by molar-refractivity contribution is 6.29. The van der Waals surface area contributed by atoms with Crippen molar-refractivity contribution in [3.63, 3.8) is 0 Å². The number of ether oxygens (including phenoxy) is 1. The van der Waals surface area contributed by atoms with E-state index in [2.05, 4.69) is 16.8 Å². The first-order chi connectivity index (χ1) is 7.22. The Balaban J connectivity index is 2.57. The van der Waals surface area contributed by atoms with Gasteiger partial charge in [-0.3, -0.25) is 0 Å². The number of nitrogens with zero attached hydrogens (tertiary/aromatic N) is 1. The lowest BCUT2D eigenvalue weighted by Gasteiger charge is -1.94. The third kappa shape index (κ3) is 4.48. The van der Waals surface area contributed by atoms with Gasteiger partial charge in [-0.05, 0) is 18.6 Å². The molecule has 1 heterocycles. The van der Waals surface area contributed by atoms with E-state index >= 15 is 0 Å². The van der Waals surface area contributed by atoms with Crippen LogP contribution in [0, 0.1) is 11.8 Å². The second-order valence-electron chi connectivity index (χ2n) is 2.76. The van der Waals surface area contributed by atoms with Crippen LogP contribution < -0.4 is 0 Å². The van der Waals surface area contributed by atoms with Gasteiger partial charge in [0.25, 0.3) is 0 Å². The molecule has 1 aromatic rings. The summed E-state index contributed by atoms with van der Waals surface area (Å²) in [6.07, 6.45) is 2.29. The molecular formula is C11H10ClNO2. The Bertz CT molecular complexity index is 389. The molecule has 15 heavy (non-hydrogen) atoms. The minimum Gasteiger partial charge on any atom is -0.456 e. The van der Waals surface area contributed by atoms with Crippen LogP contribution in [-0.2, 0) is 9.53 Å². The standard InChI is InChI=1S/C11H10ClNO2/c1-2-7-15-11(14)6-4-9-3-5-10(12)13-8-9/h3,5,8H,2,7H2,1H3. The molecule has 0 unspecified atom stereocenters. The molecule has 0 aliphatic heterocycles. The molecule has 1 aromatic heterocycles. The van der Waals surface area contributed by atoms with E-state index in [9.17, 15) is 4.79 Å². The number of hydrogen-bond acceptors (Lipinski definition) is 3. The van der Waals surface area contributed by atoms with Gasteiger partial charge in [-0.2, -0.15) is 0 Å². The zero-order valence-electron chi connectivity index (χ0n) is 8.29. The first-order valence-electron chi connectivity index (χ1n) is 4.52. The van der Waals surface area contributed by atoms with Gasteiger partial charge in [0, 0.05) is 17.7 Å². The van der Waals surface area contributed by atoms with Crippen molar-refractivity contribution in [1.82, 2.24) is 4.98 Å². The average Bonchev–Trinajstić information content (AvgIpc) is 2.25. The van der Waals surface area contributed by atoms with Gasteiger partial charge in [0.05, 0.1) is 6.61 Å². The van der Waals surface area contributed by atoms with Crippen LogP contribution in [0.15, 0.2) is 18.3 Å². The third-order valence-corrected chi connectivity index (χ3v) is 1.70. The fourth-order valence-corrected chi connectivity index (χ4v) is 0.916. The van der Waals surface area contributed by atoms with Crippen LogP contribution in [0.5, 0.6) is 0 Å². The van der Waals surface area contributed by atoms with Gasteiger partial charge >= 0.3 is 5.97 Å². The summed E-state index contributed by atoms with van der Waals surface area (Å²) >= 11 is 5.59. The van der Waals surface area contributed by atoms with Gasteiger partial charge in [-0.1, -0.05) is 24.4 Å². The van der Waals surface area contributed by atoms with Gasteiger partial charge in [-0.25, -0.2) is 9.78 Å². The van der Waals surface area contributed by atoms with Crippen molar-refractivity contribution >= 4 is 17.6 Å². The maximum Gasteiger partial charge on any atom is 0.384 e. The molecule has 0 bridgehead atoms. The SMILES string of the molecule is CCCOC(=O)C#Cc1ccc(Cl)nc1. The fourth-order valence-electron chi connectivity index (χ4n) is 0.804. The Morgan fingerprint density at radius 3 is 3.00 bits per heavy atom. The summed E-state index contributed by atoms with van der Waals surface area (Å²) in [5.74, 6) is 4.47. The minimum absolute atomic E-state index is 0.395. The van der Waals surface area contributed by atoms with Crippen molar-refractivity contribution in [2.75, 3.05) is 6.61 Å². The van der Waals surface area contributed by atoms with E-state index in [4.69, 9.17) is 16.3 Å². The molecule has 4 heteroatoms. The van der Waals surface area contributed by atoms with Gasteiger partial charge in [0.15, 0.2) is 0 Å². The molecular weight excluding hydrogens is 214 g/mol. The molecule has 0 aliphatic carbocycles. The highest BCUT2D eigenvalue weighted by Crippen LogP contribution is 2.03. The van der Waals surface area contributed by atoms with Crippen molar-refractivity contribution in [1.29, 1.82) is 0 Å². The van der Waals surface area contributed by atoms with Crippen molar-refractivity contribution in [3.8, 4) is 11.8 Å². The maximum atomic E-state index is 11.0. The number of pyridine rings is 1. The Kier molecular flexibility index (Phi) is 4.65. The van der Waals surface area contributed by atoms with Crippen molar-refractivity contribution < 1.29 is 9.53 Å². The Morgan fingerprint density at radius 2 is 2.40 bits per heavy atom. The Hall–Kier alpha value is -1.53. The van der Waals surface area contributed by atoms with Crippen LogP contribution in [0.3, 0.4) is 0 Å². The summed E-state index contributed by atoms with van der Waals surface area (Å²) in [4.78, 5) is 14.8. The summed E-state index contributed by atoms with van der Waals surface area (Å²) in [5.41, 5.74) is 0.632. The van der Waals surface area contributed by atoms with Crippen LogP contribution in [0.1, 0.15) is 18.9 Å². The maximum absolute atomic E-state index is 11.0. The van der Waals surface area contributed by atoms with E-state index in [-0.39, 0.29) is 0 Å². The molecule has 0 N–H and O–H groups in total. The predicted octanol–water partition coefficient (Wildman–Crippen LogP) is 2.04. The van der Waals surface area contributed by atoms with Crippen LogP contribution in [-0.4, -0.2) is 17.6 Å². The Morgan fingerprint density at radius 1 is 1.60 bits per heavy atom. The fraction of sp³-hybridized carbons (Fsp3) is 0.273. The van der Waals surface area contributed by atoms with E-state index in [0.29, 0.717) is 17.3 Å². The minimum atomic E-state index is -0.521. The molecule has 0 spiro atoms. The summed E-state index contributed by atoms with van der Waals surface area (Å²) in [7, 11) is 0. The van der Waals surface area contributed by atoms with E-state index in [0.717, 1.165) is 6.42 Å². The van der Waals surface area contributed by atoms with E-state index in [1.165, 1.54) is 6.20 Å². The first-order valence-corrected chi connectivity index (χ1v) is 4.90. The molecule has 0 saturated heterocycles. The number of carbonyl (C=O) groups excluding carboxylic acids is 1. The summed E-state index contributed by atoms with van der Waals surface area (Å²) in [5, 5.41) is 0.397. The summed E-state index contributed by atoms with van der Waals surface area (Å²) < 4.78 is 4.78. The second-order valence-corrected chi connectivity index (χ2v) is 3.14. The largest absolute Gasteiger partial charge is 0.456 e. The molecule has 3 nitrogen and oxygen atoms in total. The molecule has 0 fully saturated rings. The highest BCUT2D eigenvalue weighted by Gasteiger charge is 1.94. The normalized spacial score (nSPS) is 8.93. The van der Waals surface area contributed by atoms with E-state index in [1.54, 1.807) is 12.1 Å². The molecule has 0 amide bonds. The van der Waals surface area contributed by atoms with Gasteiger partial charge in [-0.15, -0.1) is 0 Å². The second kappa shape index (κ2) is 6.05.